The molecule has 2 aromatic rings. The van der Waals surface area contributed by atoms with Crippen LogP contribution in [0.3, 0.4) is 0 Å². The molecule has 0 spiro atoms. The number of benzene rings is 2. The van der Waals surface area contributed by atoms with E-state index in [1.54, 1.807) is 0 Å². The molecule has 2 aromatic carbocycles. The predicted molar refractivity (Wildman–Crippen MR) is 125 cm³/mol. The molecule has 0 heterocycles. The summed E-state index contributed by atoms with van der Waals surface area (Å²) in [6.07, 6.45) is 3.25. The monoisotopic (exact) mass is 426 g/mol. The Balaban J connectivity index is 2.21. The summed E-state index contributed by atoms with van der Waals surface area (Å²) in [5.74, 6) is -1.20. The molecule has 0 unspecified atom stereocenters. The lowest BCUT2D eigenvalue weighted by molar-refractivity contribution is -0.142. The number of rotatable bonds is 7. The van der Waals surface area contributed by atoms with Crippen LogP contribution in [0.15, 0.2) is 66.7 Å². The van der Waals surface area contributed by atoms with Gasteiger partial charge in [0.05, 0.1) is 25.7 Å². The van der Waals surface area contributed by atoms with E-state index in [9.17, 15) is 15.3 Å². The minimum Gasteiger partial charge on any atom is -0.469 e. The fourth-order valence-corrected chi connectivity index (χ4v) is 5.37. The lowest BCUT2D eigenvalue weighted by atomic mass is 9.58. The molecular formula is C28H30N2O2. The van der Waals surface area contributed by atoms with Gasteiger partial charge in [0.15, 0.2) is 0 Å². The summed E-state index contributed by atoms with van der Waals surface area (Å²) in [4.78, 5) is 12.6. The standard InChI is InChI=1S/C28H30N2O2/c1-19(2)27(22(17-29)18-30)28-24(21-12-8-5-9-13-21)15-14-23(20-10-6-4-7-11-20)25(28)16-26(31)32-3/h4-14,19,22,24-25,27-28H,15-16H2,1-3H3/t24-,25-,27+,28-/m0/s1. The van der Waals surface area contributed by atoms with Crippen molar-refractivity contribution >= 4 is 11.5 Å². The number of hydrogen-bond donors (Lipinski definition) is 0. The van der Waals surface area contributed by atoms with Crippen molar-refractivity contribution < 1.29 is 9.53 Å². The average Bonchev–Trinajstić information content (AvgIpc) is 2.83. The number of esters is 1. The first-order valence-electron chi connectivity index (χ1n) is 11.2. The summed E-state index contributed by atoms with van der Waals surface area (Å²) >= 11 is 0. The minimum atomic E-state index is -0.749. The van der Waals surface area contributed by atoms with Crippen LogP contribution >= 0.6 is 0 Å². The zero-order valence-electron chi connectivity index (χ0n) is 18.9. The van der Waals surface area contributed by atoms with Gasteiger partial charge in [-0.05, 0) is 52.7 Å². The summed E-state index contributed by atoms with van der Waals surface area (Å²) < 4.78 is 5.08. The highest BCUT2D eigenvalue weighted by Gasteiger charge is 2.45. The van der Waals surface area contributed by atoms with Crippen LogP contribution in [-0.4, -0.2) is 13.1 Å². The number of allylic oxidation sites excluding steroid dienone is 2. The molecule has 0 radical (unpaired) electrons. The van der Waals surface area contributed by atoms with Gasteiger partial charge >= 0.3 is 5.97 Å². The maximum Gasteiger partial charge on any atom is 0.306 e. The molecule has 4 nitrogen and oxygen atoms in total. The number of methoxy groups -OCH3 is 1. The van der Waals surface area contributed by atoms with Gasteiger partial charge in [0, 0.05) is 0 Å². The molecule has 4 heteroatoms. The van der Waals surface area contributed by atoms with Crippen LogP contribution in [0, 0.1) is 52.3 Å². The molecule has 1 aliphatic carbocycles. The van der Waals surface area contributed by atoms with Gasteiger partial charge in [-0.1, -0.05) is 80.6 Å². The van der Waals surface area contributed by atoms with Gasteiger partial charge < -0.3 is 4.74 Å². The van der Waals surface area contributed by atoms with Crippen molar-refractivity contribution in [3.8, 4) is 12.1 Å². The second kappa shape index (κ2) is 10.8. The topological polar surface area (TPSA) is 73.9 Å². The number of nitrogens with zero attached hydrogens (tertiary/aromatic N) is 2. The highest BCUT2D eigenvalue weighted by molar-refractivity contribution is 5.77. The minimum absolute atomic E-state index is 0.0546. The number of hydrogen-bond acceptors (Lipinski definition) is 4. The molecule has 164 valence electrons. The fraction of sp³-hybridized carbons (Fsp3) is 0.393. The van der Waals surface area contributed by atoms with E-state index in [4.69, 9.17) is 4.74 Å². The van der Waals surface area contributed by atoms with E-state index in [-0.39, 0.29) is 42.0 Å². The molecule has 0 bridgehead atoms. The molecule has 0 saturated carbocycles. The molecule has 0 fully saturated rings. The van der Waals surface area contributed by atoms with Gasteiger partial charge in [-0.25, -0.2) is 0 Å². The number of nitriles is 2. The van der Waals surface area contributed by atoms with Crippen LogP contribution in [0.2, 0.25) is 0 Å². The molecule has 0 aliphatic heterocycles. The van der Waals surface area contributed by atoms with Crippen LogP contribution in [-0.2, 0) is 9.53 Å². The zero-order valence-corrected chi connectivity index (χ0v) is 18.9. The van der Waals surface area contributed by atoms with Crippen LogP contribution in [0.4, 0.5) is 0 Å². The van der Waals surface area contributed by atoms with Gasteiger partial charge in [-0.15, -0.1) is 0 Å². The highest BCUT2D eigenvalue weighted by Crippen LogP contribution is 2.52. The van der Waals surface area contributed by atoms with Crippen LogP contribution < -0.4 is 0 Å². The average molecular weight is 427 g/mol. The van der Waals surface area contributed by atoms with E-state index >= 15 is 0 Å². The Labute approximate surface area is 191 Å². The molecule has 0 amide bonds. The van der Waals surface area contributed by atoms with Crippen molar-refractivity contribution in [2.24, 2.45) is 29.6 Å². The van der Waals surface area contributed by atoms with Gasteiger partial charge in [0.25, 0.3) is 0 Å². The lowest BCUT2D eigenvalue weighted by Gasteiger charge is -2.45. The van der Waals surface area contributed by atoms with Crippen molar-refractivity contribution in [1.82, 2.24) is 0 Å². The van der Waals surface area contributed by atoms with Gasteiger partial charge in [-0.2, -0.15) is 10.5 Å². The SMILES string of the molecule is COC(=O)C[C@H]1C(c2ccccc2)=CC[C@@H](c2ccccc2)[C@@H]1[C@H](C(C)C)C(C#N)C#N. The first-order chi connectivity index (χ1) is 15.5. The first-order valence-corrected chi connectivity index (χ1v) is 11.2. The largest absolute Gasteiger partial charge is 0.469 e. The Kier molecular flexibility index (Phi) is 7.85. The Morgan fingerprint density at radius 1 is 1.03 bits per heavy atom. The molecule has 0 saturated heterocycles. The molecular weight excluding hydrogens is 396 g/mol. The Bertz CT molecular complexity index is 1000. The second-order valence-corrected chi connectivity index (χ2v) is 8.80. The second-order valence-electron chi connectivity index (χ2n) is 8.80. The zero-order chi connectivity index (χ0) is 23.1. The van der Waals surface area contributed by atoms with Crippen molar-refractivity contribution in [2.45, 2.75) is 32.6 Å². The lowest BCUT2D eigenvalue weighted by Crippen LogP contribution is -2.39. The highest BCUT2D eigenvalue weighted by atomic mass is 16.5. The molecule has 0 N–H and O–H groups in total. The Morgan fingerprint density at radius 2 is 1.62 bits per heavy atom. The summed E-state index contributed by atoms with van der Waals surface area (Å²) in [5, 5.41) is 19.7. The van der Waals surface area contributed by atoms with Crippen molar-refractivity contribution in [2.75, 3.05) is 7.11 Å². The number of carbonyl (C=O) groups excluding carboxylic acids is 1. The Morgan fingerprint density at radius 3 is 2.16 bits per heavy atom. The smallest absolute Gasteiger partial charge is 0.306 e. The van der Waals surface area contributed by atoms with Crippen LogP contribution in [0.5, 0.6) is 0 Å². The van der Waals surface area contributed by atoms with E-state index in [1.807, 2.05) is 36.4 Å². The maximum absolute atomic E-state index is 12.6. The van der Waals surface area contributed by atoms with Crippen LogP contribution in [0.25, 0.3) is 5.57 Å². The summed E-state index contributed by atoms with van der Waals surface area (Å²) in [6, 6.07) is 24.8. The number of ether oxygens (including phenoxy) is 1. The van der Waals surface area contributed by atoms with E-state index in [1.165, 1.54) is 12.7 Å². The fourth-order valence-electron chi connectivity index (χ4n) is 5.37. The third kappa shape index (κ3) is 4.92. The summed E-state index contributed by atoms with van der Waals surface area (Å²) in [5.41, 5.74) is 3.36. The van der Waals surface area contributed by atoms with E-state index in [2.05, 4.69) is 56.3 Å². The van der Waals surface area contributed by atoms with Crippen molar-refractivity contribution in [3.05, 3.63) is 77.9 Å². The van der Waals surface area contributed by atoms with E-state index in [0.717, 1.165) is 17.6 Å². The molecule has 32 heavy (non-hydrogen) atoms. The predicted octanol–water partition coefficient (Wildman–Crippen LogP) is 5.99. The Hall–Kier alpha value is -3.37. The van der Waals surface area contributed by atoms with Crippen molar-refractivity contribution in [3.63, 3.8) is 0 Å². The molecule has 4 atom stereocenters. The molecule has 0 aromatic heterocycles. The van der Waals surface area contributed by atoms with Crippen molar-refractivity contribution in [1.29, 1.82) is 10.5 Å². The van der Waals surface area contributed by atoms with E-state index < -0.39 is 5.92 Å². The first kappa shape index (κ1) is 23.3. The summed E-state index contributed by atoms with van der Waals surface area (Å²) in [6.45, 7) is 4.15. The van der Waals surface area contributed by atoms with Gasteiger partial charge in [0.1, 0.15) is 5.92 Å². The van der Waals surface area contributed by atoms with Gasteiger partial charge in [0.2, 0.25) is 0 Å². The third-order valence-corrected chi connectivity index (χ3v) is 6.75. The maximum atomic E-state index is 12.6. The molecule has 1 aliphatic rings. The van der Waals surface area contributed by atoms with Gasteiger partial charge in [-0.3, -0.25) is 4.79 Å². The molecule has 3 rings (SSSR count). The third-order valence-electron chi connectivity index (χ3n) is 6.75. The quantitative estimate of drug-likeness (QED) is 0.510. The summed E-state index contributed by atoms with van der Waals surface area (Å²) in [7, 11) is 1.41. The van der Waals surface area contributed by atoms with Crippen LogP contribution in [0.1, 0.15) is 43.7 Å². The number of carbonyl (C=O) groups is 1. The van der Waals surface area contributed by atoms with E-state index in [0.29, 0.717) is 0 Å². The normalized spacial score (nSPS) is 21.3.